The van der Waals surface area contributed by atoms with Crippen molar-refractivity contribution in [2.45, 2.75) is 31.8 Å². The Morgan fingerprint density at radius 1 is 1.22 bits per heavy atom. The fraction of sp³-hybridized carbons (Fsp3) is 0.600. The molecule has 2 N–H and O–H groups in total. The summed E-state index contributed by atoms with van der Waals surface area (Å²) in [5.41, 5.74) is 6.86. The molecule has 0 saturated carbocycles. The average molecular weight is 248 g/mol. The van der Waals surface area contributed by atoms with Gasteiger partial charge in [0.1, 0.15) is 11.9 Å². The van der Waals surface area contributed by atoms with Crippen LogP contribution in [0.2, 0.25) is 0 Å². The maximum absolute atomic E-state index is 6.01. The van der Waals surface area contributed by atoms with E-state index in [9.17, 15) is 0 Å². The zero-order valence-corrected chi connectivity index (χ0v) is 11.3. The van der Waals surface area contributed by atoms with Crippen LogP contribution in [0.4, 0.5) is 0 Å². The lowest BCUT2D eigenvalue weighted by atomic mass is 10.1. The van der Waals surface area contributed by atoms with E-state index in [-0.39, 0.29) is 0 Å². The second kappa shape index (κ2) is 6.76. The third-order valence-electron chi connectivity index (χ3n) is 3.56. The quantitative estimate of drug-likeness (QED) is 0.866. The molecule has 1 aliphatic rings. The van der Waals surface area contributed by atoms with E-state index in [0.717, 1.165) is 51.1 Å². The highest BCUT2D eigenvalue weighted by Crippen LogP contribution is 2.19. The molecule has 18 heavy (non-hydrogen) atoms. The first kappa shape index (κ1) is 13.4. The predicted octanol–water partition coefficient (Wildman–Crippen LogP) is 2.05. The molecule has 3 nitrogen and oxygen atoms in total. The van der Waals surface area contributed by atoms with Crippen LogP contribution in [0.25, 0.3) is 0 Å². The van der Waals surface area contributed by atoms with Crippen molar-refractivity contribution in [1.82, 2.24) is 4.90 Å². The second-order valence-corrected chi connectivity index (χ2v) is 5.16. The molecule has 0 aliphatic carbocycles. The molecule has 3 heteroatoms. The average Bonchev–Trinajstić information content (AvgIpc) is 2.41. The van der Waals surface area contributed by atoms with Gasteiger partial charge in [0.2, 0.25) is 0 Å². The molecule has 1 heterocycles. The Balaban J connectivity index is 1.82. The number of rotatable bonds is 5. The van der Waals surface area contributed by atoms with E-state index in [2.05, 4.69) is 36.2 Å². The highest BCUT2D eigenvalue weighted by atomic mass is 16.5. The van der Waals surface area contributed by atoms with Gasteiger partial charge in [-0.1, -0.05) is 12.1 Å². The van der Waals surface area contributed by atoms with Crippen molar-refractivity contribution in [2.24, 2.45) is 5.73 Å². The minimum Gasteiger partial charge on any atom is -0.490 e. The first-order valence-corrected chi connectivity index (χ1v) is 6.92. The summed E-state index contributed by atoms with van der Waals surface area (Å²) in [6, 6.07) is 8.48. The number of likely N-dealkylation sites (tertiary alicyclic amines) is 1. The highest BCUT2D eigenvalue weighted by Gasteiger charge is 2.17. The standard InChI is InChI=1S/C15H24N2O/c1-17-11-8-15(9-12-17)18-14-6-4-13(5-7-14)3-2-10-16/h4-7,15H,2-3,8-12,16H2,1H3. The van der Waals surface area contributed by atoms with Crippen LogP contribution in [-0.4, -0.2) is 37.7 Å². The van der Waals surface area contributed by atoms with E-state index in [1.807, 2.05) is 0 Å². The van der Waals surface area contributed by atoms with Crippen LogP contribution in [0.1, 0.15) is 24.8 Å². The molecule has 0 radical (unpaired) electrons. The smallest absolute Gasteiger partial charge is 0.119 e. The molecule has 0 amide bonds. The molecule has 1 fully saturated rings. The van der Waals surface area contributed by atoms with Gasteiger partial charge in [0.25, 0.3) is 0 Å². The van der Waals surface area contributed by atoms with E-state index in [4.69, 9.17) is 10.5 Å². The van der Waals surface area contributed by atoms with Crippen molar-refractivity contribution in [1.29, 1.82) is 0 Å². The Labute approximate surface area is 110 Å². The van der Waals surface area contributed by atoms with Gasteiger partial charge in [-0.15, -0.1) is 0 Å². The summed E-state index contributed by atoms with van der Waals surface area (Å²) >= 11 is 0. The Hall–Kier alpha value is -1.06. The molecule has 1 saturated heterocycles. The number of ether oxygens (including phenoxy) is 1. The number of piperidine rings is 1. The lowest BCUT2D eigenvalue weighted by Gasteiger charge is -2.29. The molecule has 0 unspecified atom stereocenters. The minimum atomic E-state index is 0.385. The lowest BCUT2D eigenvalue weighted by molar-refractivity contribution is 0.114. The molecule has 1 aliphatic heterocycles. The Kier molecular flexibility index (Phi) is 5.02. The van der Waals surface area contributed by atoms with E-state index < -0.39 is 0 Å². The third-order valence-corrected chi connectivity index (χ3v) is 3.56. The SMILES string of the molecule is CN1CCC(Oc2ccc(CCCN)cc2)CC1. The van der Waals surface area contributed by atoms with Crippen LogP contribution in [0.15, 0.2) is 24.3 Å². The fourth-order valence-corrected chi connectivity index (χ4v) is 2.34. The first-order chi connectivity index (χ1) is 8.78. The summed E-state index contributed by atoms with van der Waals surface area (Å²) in [4.78, 5) is 2.36. The largest absolute Gasteiger partial charge is 0.490 e. The summed E-state index contributed by atoms with van der Waals surface area (Å²) in [5, 5.41) is 0. The number of hydrogen-bond donors (Lipinski definition) is 1. The van der Waals surface area contributed by atoms with Crippen molar-refractivity contribution < 1.29 is 4.74 Å². The van der Waals surface area contributed by atoms with Crippen molar-refractivity contribution in [2.75, 3.05) is 26.7 Å². The maximum atomic E-state index is 6.01. The van der Waals surface area contributed by atoms with Gasteiger partial charge in [0.15, 0.2) is 0 Å². The van der Waals surface area contributed by atoms with Crippen LogP contribution < -0.4 is 10.5 Å². The molecule has 1 aromatic carbocycles. The minimum absolute atomic E-state index is 0.385. The Morgan fingerprint density at radius 3 is 2.50 bits per heavy atom. The van der Waals surface area contributed by atoms with Crippen molar-refractivity contribution >= 4 is 0 Å². The fourth-order valence-electron chi connectivity index (χ4n) is 2.34. The van der Waals surface area contributed by atoms with Crippen LogP contribution in [0.3, 0.4) is 0 Å². The number of aryl methyl sites for hydroxylation is 1. The molecule has 100 valence electrons. The summed E-state index contributed by atoms with van der Waals surface area (Å²) in [6.07, 6.45) is 4.76. The second-order valence-electron chi connectivity index (χ2n) is 5.16. The van der Waals surface area contributed by atoms with Crippen molar-refractivity contribution in [3.63, 3.8) is 0 Å². The summed E-state index contributed by atoms with van der Waals surface area (Å²) in [7, 11) is 2.17. The predicted molar refractivity (Wildman–Crippen MR) is 75.0 cm³/mol. The zero-order chi connectivity index (χ0) is 12.8. The number of nitrogens with two attached hydrogens (primary N) is 1. The van der Waals surface area contributed by atoms with Crippen molar-refractivity contribution in [3.05, 3.63) is 29.8 Å². The zero-order valence-electron chi connectivity index (χ0n) is 11.3. The molecular weight excluding hydrogens is 224 g/mol. The van der Waals surface area contributed by atoms with Gasteiger partial charge >= 0.3 is 0 Å². The number of hydrogen-bond acceptors (Lipinski definition) is 3. The van der Waals surface area contributed by atoms with Gasteiger partial charge in [0.05, 0.1) is 0 Å². The van der Waals surface area contributed by atoms with Crippen molar-refractivity contribution in [3.8, 4) is 5.75 Å². The monoisotopic (exact) mass is 248 g/mol. The van der Waals surface area contributed by atoms with Gasteiger partial charge in [-0.3, -0.25) is 0 Å². The maximum Gasteiger partial charge on any atom is 0.119 e. The van der Waals surface area contributed by atoms with Gasteiger partial charge in [-0.25, -0.2) is 0 Å². The van der Waals surface area contributed by atoms with E-state index in [0.29, 0.717) is 6.10 Å². The van der Waals surface area contributed by atoms with Crippen LogP contribution >= 0.6 is 0 Å². The molecule has 2 rings (SSSR count). The van der Waals surface area contributed by atoms with Crippen LogP contribution in [0, 0.1) is 0 Å². The van der Waals surface area contributed by atoms with Crippen LogP contribution in [-0.2, 0) is 6.42 Å². The molecular formula is C15H24N2O. The molecule has 1 aromatic rings. The van der Waals surface area contributed by atoms with E-state index in [1.54, 1.807) is 0 Å². The lowest BCUT2D eigenvalue weighted by Crippen LogP contribution is -2.35. The van der Waals surface area contributed by atoms with Gasteiger partial charge in [-0.2, -0.15) is 0 Å². The molecule has 0 aromatic heterocycles. The molecule has 0 spiro atoms. The number of benzene rings is 1. The molecule has 0 atom stereocenters. The Morgan fingerprint density at radius 2 is 1.89 bits per heavy atom. The van der Waals surface area contributed by atoms with E-state index in [1.165, 1.54) is 5.56 Å². The van der Waals surface area contributed by atoms with Gasteiger partial charge in [0, 0.05) is 13.1 Å². The summed E-state index contributed by atoms with van der Waals surface area (Å²) in [6.45, 7) is 3.03. The van der Waals surface area contributed by atoms with Gasteiger partial charge < -0.3 is 15.4 Å². The number of nitrogens with zero attached hydrogens (tertiary/aromatic N) is 1. The topological polar surface area (TPSA) is 38.5 Å². The van der Waals surface area contributed by atoms with Gasteiger partial charge in [-0.05, 0) is 57.0 Å². The normalized spacial score (nSPS) is 17.9. The highest BCUT2D eigenvalue weighted by molar-refractivity contribution is 5.27. The molecule has 0 bridgehead atoms. The Bertz CT molecular complexity index is 342. The summed E-state index contributed by atoms with van der Waals surface area (Å²) in [5.74, 6) is 1.00. The summed E-state index contributed by atoms with van der Waals surface area (Å²) < 4.78 is 6.01. The first-order valence-electron chi connectivity index (χ1n) is 6.92. The van der Waals surface area contributed by atoms with Crippen LogP contribution in [0.5, 0.6) is 5.75 Å². The van der Waals surface area contributed by atoms with E-state index >= 15 is 0 Å². The third kappa shape index (κ3) is 4.00.